The van der Waals surface area contributed by atoms with Crippen molar-refractivity contribution < 1.29 is 4.79 Å². The molecule has 0 spiro atoms. The molecule has 1 nitrogen and oxygen atoms in total. The number of hydrogen-bond acceptors (Lipinski definition) is 1. The molecule has 4 aliphatic carbocycles. The largest absolute Gasteiger partial charge is 0.295 e. The molecule has 0 N–H and O–H groups in total. The van der Waals surface area contributed by atoms with Crippen molar-refractivity contribution in [1.82, 2.24) is 0 Å². The van der Waals surface area contributed by atoms with Gasteiger partial charge in [0.25, 0.3) is 0 Å². The number of carbonyl (C=O) groups excluding carboxylic acids is 1. The van der Waals surface area contributed by atoms with E-state index in [9.17, 15) is 4.79 Å². The maximum absolute atomic E-state index is 11.7. The minimum atomic E-state index is 0.196. The fourth-order valence-corrected chi connectivity index (χ4v) is 5.18. The van der Waals surface area contributed by atoms with E-state index in [1.807, 2.05) is 6.08 Å². The Morgan fingerprint density at radius 2 is 2.00 bits per heavy atom. The lowest BCUT2D eigenvalue weighted by Crippen LogP contribution is -2.36. The van der Waals surface area contributed by atoms with Gasteiger partial charge in [0, 0.05) is 17.8 Å². The predicted molar refractivity (Wildman–Crippen MR) is 81.3 cm³/mol. The Hall–Kier alpha value is -1.11. The molecule has 1 fully saturated rings. The van der Waals surface area contributed by atoms with Crippen molar-refractivity contribution in [2.75, 3.05) is 0 Å². The lowest BCUT2D eigenvalue weighted by atomic mass is 9.57. The summed E-state index contributed by atoms with van der Waals surface area (Å²) < 4.78 is 0. The third-order valence-corrected chi connectivity index (χ3v) is 6.45. The number of hydrogen-bond donors (Lipinski definition) is 0. The third kappa shape index (κ3) is 1.58. The second-order valence-electron chi connectivity index (χ2n) is 7.41. The second kappa shape index (κ2) is 4.19. The zero-order valence-corrected chi connectivity index (χ0v) is 12.7. The van der Waals surface area contributed by atoms with Gasteiger partial charge in [0.15, 0.2) is 5.78 Å². The fraction of sp³-hybridized carbons (Fsp3) is 0.632. The summed E-state index contributed by atoms with van der Waals surface area (Å²) in [5, 5.41) is 0. The van der Waals surface area contributed by atoms with Gasteiger partial charge in [-0.05, 0) is 50.5 Å². The highest BCUT2D eigenvalue weighted by Crippen LogP contribution is 2.58. The third-order valence-electron chi connectivity index (χ3n) is 6.45. The Labute approximate surface area is 121 Å². The summed E-state index contributed by atoms with van der Waals surface area (Å²) in [5.74, 6) is 1.86. The van der Waals surface area contributed by atoms with Gasteiger partial charge in [-0.25, -0.2) is 0 Å². The first-order chi connectivity index (χ1) is 9.59. The molecule has 0 aromatic rings. The summed E-state index contributed by atoms with van der Waals surface area (Å²) >= 11 is 0. The quantitative estimate of drug-likeness (QED) is 0.579. The molecule has 4 rings (SSSR count). The molecule has 1 saturated carbocycles. The van der Waals surface area contributed by atoms with Gasteiger partial charge in [0.2, 0.25) is 0 Å². The van der Waals surface area contributed by atoms with E-state index in [4.69, 9.17) is 0 Å². The van der Waals surface area contributed by atoms with E-state index in [1.165, 1.54) is 31.3 Å². The van der Waals surface area contributed by atoms with Gasteiger partial charge in [0.1, 0.15) is 0 Å². The fourth-order valence-electron chi connectivity index (χ4n) is 5.18. The van der Waals surface area contributed by atoms with Crippen LogP contribution in [-0.2, 0) is 4.79 Å². The Bertz CT molecular complexity index is 575. The van der Waals surface area contributed by atoms with Crippen LogP contribution in [-0.4, -0.2) is 5.78 Å². The highest BCUT2D eigenvalue weighted by molar-refractivity contribution is 5.92. The van der Waals surface area contributed by atoms with Crippen molar-refractivity contribution in [3.8, 4) is 0 Å². The highest BCUT2D eigenvalue weighted by Gasteiger charge is 2.46. The van der Waals surface area contributed by atoms with Crippen LogP contribution in [0.1, 0.15) is 58.8 Å². The second-order valence-corrected chi connectivity index (χ2v) is 7.41. The Kier molecular flexibility index (Phi) is 2.64. The SMILES string of the molecule is C[C@H]1CCC2=C1CC=C1C2CCC2=CC(=O)CC[C@@]21C. The summed E-state index contributed by atoms with van der Waals surface area (Å²) in [4.78, 5) is 11.7. The Balaban J connectivity index is 1.75. The number of rotatable bonds is 0. The minimum absolute atomic E-state index is 0.196. The first-order valence-corrected chi connectivity index (χ1v) is 8.26. The van der Waals surface area contributed by atoms with Crippen LogP contribution in [0.3, 0.4) is 0 Å². The highest BCUT2D eigenvalue weighted by atomic mass is 16.1. The molecule has 0 radical (unpaired) electrons. The molecule has 20 heavy (non-hydrogen) atoms. The molecular formula is C19H24O. The lowest BCUT2D eigenvalue weighted by molar-refractivity contribution is -0.115. The summed E-state index contributed by atoms with van der Waals surface area (Å²) in [7, 11) is 0. The summed E-state index contributed by atoms with van der Waals surface area (Å²) in [6.07, 6.45) is 12.5. The van der Waals surface area contributed by atoms with Crippen molar-refractivity contribution >= 4 is 5.78 Å². The van der Waals surface area contributed by atoms with E-state index < -0.39 is 0 Å². The van der Waals surface area contributed by atoms with Gasteiger partial charge in [-0.3, -0.25) is 4.79 Å². The molecule has 3 atom stereocenters. The Morgan fingerprint density at radius 1 is 1.15 bits per heavy atom. The standard InChI is InChI=1S/C19H24O/c1-12-3-5-16-15(12)7-8-18-17(16)6-4-13-11-14(20)9-10-19(13,18)2/h8,11-12,17H,3-7,9-10H2,1-2H3/t12-,17?,19-/m0/s1. The van der Waals surface area contributed by atoms with Crippen LogP contribution in [0.15, 0.2) is 34.4 Å². The zero-order valence-electron chi connectivity index (χ0n) is 12.7. The first-order valence-electron chi connectivity index (χ1n) is 8.26. The van der Waals surface area contributed by atoms with Gasteiger partial charge in [-0.15, -0.1) is 0 Å². The van der Waals surface area contributed by atoms with Crippen LogP contribution in [0.4, 0.5) is 0 Å². The van der Waals surface area contributed by atoms with Crippen LogP contribution in [0.2, 0.25) is 0 Å². The summed E-state index contributed by atoms with van der Waals surface area (Å²) in [5.41, 5.74) is 6.82. The van der Waals surface area contributed by atoms with Gasteiger partial charge < -0.3 is 0 Å². The molecule has 0 heterocycles. The lowest BCUT2D eigenvalue weighted by Gasteiger charge is -2.47. The van der Waals surface area contributed by atoms with Crippen LogP contribution < -0.4 is 0 Å². The molecule has 0 bridgehead atoms. The smallest absolute Gasteiger partial charge is 0.155 e. The number of allylic oxidation sites excluding steroid dienone is 6. The molecule has 4 aliphatic rings. The van der Waals surface area contributed by atoms with Crippen molar-refractivity contribution in [3.05, 3.63) is 34.4 Å². The van der Waals surface area contributed by atoms with E-state index in [1.54, 1.807) is 16.7 Å². The van der Waals surface area contributed by atoms with Crippen molar-refractivity contribution in [2.45, 2.75) is 58.8 Å². The van der Waals surface area contributed by atoms with E-state index in [0.717, 1.165) is 25.2 Å². The number of ketones is 1. The van der Waals surface area contributed by atoms with E-state index >= 15 is 0 Å². The molecule has 106 valence electrons. The molecular weight excluding hydrogens is 244 g/mol. The van der Waals surface area contributed by atoms with Crippen molar-refractivity contribution in [2.24, 2.45) is 17.3 Å². The van der Waals surface area contributed by atoms with Gasteiger partial charge in [-0.2, -0.15) is 0 Å². The molecule has 1 unspecified atom stereocenters. The average Bonchev–Trinajstić information content (AvgIpc) is 2.82. The van der Waals surface area contributed by atoms with Gasteiger partial charge in [0.05, 0.1) is 0 Å². The molecule has 0 saturated heterocycles. The number of carbonyl (C=O) groups is 1. The normalized spacial score (nSPS) is 39.8. The van der Waals surface area contributed by atoms with Crippen molar-refractivity contribution in [1.29, 1.82) is 0 Å². The topological polar surface area (TPSA) is 17.1 Å². The molecule has 0 aromatic heterocycles. The summed E-state index contributed by atoms with van der Waals surface area (Å²) in [6, 6.07) is 0. The van der Waals surface area contributed by atoms with Gasteiger partial charge >= 0.3 is 0 Å². The molecule has 0 aromatic carbocycles. The number of fused-ring (bicyclic) bond motifs is 4. The minimum Gasteiger partial charge on any atom is -0.295 e. The first kappa shape index (κ1) is 12.6. The van der Waals surface area contributed by atoms with Gasteiger partial charge in [-0.1, -0.05) is 42.2 Å². The summed E-state index contributed by atoms with van der Waals surface area (Å²) in [6.45, 7) is 4.80. The van der Waals surface area contributed by atoms with Crippen LogP contribution in [0.5, 0.6) is 0 Å². The van der Waals surface area contributed by atoms with Crippen LogP contribution >= 0.6 is 0 Å². The molecule has 0 aliphatic heterocycles. The van der Waals surface area contributed by atoms with E-state index in [2.05, 4.69) is 19.9 Å². The van der Waals surface area contributed by atoms with Crippen molar-refractivity contribution in [3.63, 3.8) is 0 Å². The van der Waals surface area contributed by atoms with E-state index in [-0.39, 0.29) is 5.41 Å². The monoisotopic (exact) mass is 268 g/mol. The maximum Gasteiger partial charge on any atom is 0.155 e. The zero-order chi connectivity index (χ0) is 13.9. The Morgan fingerprint density at radius 3 is 2.85 bits per heavy atom. The maximum atomic E-state index is 11.7. The average molecular weight is 268 g/mol. The predicted octanol–water partition coefficient (Wildman–Crippen LogP) is 4.75. The molecule has 1 heteroatoms. The van der Waals surface area contributed by atoms with Crippen LogP contribution in [0.25, 0.3) is 0 Å². The van der Waals surface area contributed by atoms with Crippen LogP contribution in [0, 0.1) is 17.3 Å². The van der Waals surface area contributed by atoms with E-state index in [0.29, 0.717) is 11.7 Å². The molecule has 0 amide bonds.